The van der Waals surface area contributed by atoms with E-state index in [2.05, 4.69) is 63.8 Å². The van der Waals surface area contributed by atoms with Gasteiger partial charge in [-0.3, -0.25) is 0 Å². The van der Waals surface area contributed by atoms with Crippen LogP contribution >= 0.6 is 0 Å². The van der Waals surface area contributed by atoms with Gasteiger partial charge in [0.1, 0.15) is 0 Å². The summed E-state index contributed by atoms with van der Waals surface area (Å²) in [5.74, 6) is 0.709. The van der Waals surface area contributed by atoms with Crippen LogP contribution in [-0.4, -0.2) is 24.0 Å². The predicted octanol–water partition coefficient (Wildman–Crippen LogP) is 4.53. The van der Waals surface area contributed by atoms with Crippen molar-refractivity contribution in [2.45, 2.75) is 66.0 Å². The molecule has 1 atom stereocenters. The van der Waals surface area contributed by atoms with Gasteiger partial charge in [-0.2, -0.15) is 0 Å². The third kappa shape index (κ3) is 6.19. The molecule has 0 aliphatic heterocycles. The fraction of sp³-hybridized carbons (Fsp3) is 0.684. The van der Waals surface area contributed by atoms with E-state index >= 15 is 0 Å². The molecule has 1 aromatic carbocycles. The molecular formula is C19H34N2. The molecule has 0 aliphatic rings. The molecule has 0 aromatic heterocycles. The number of nitrogens with two attached hydrogens (primary N) is 1. The maximum absolute atomic E-state index is 6.38. The Bertz CT molecular complexity index is 379. The minimum atomic E-state index is 0.148. The molecule has 2 nitrogen and oxygen atoms in total. The fourth-order valence-electron chi connectivity index (χ4n) is 2.98. The van der Waals surface area contributed by atoms with Crippen molar-refractivity contribution in [2.24, 2.45) is 11.7 Å². The van der Waals surface area contributed by atoms with Crippen LogP contribution in [0.1, 0.15) is 64.1 Å². The van der Waals surface area contributed by atoms with E-state index in [1.54, 1.807) is 0 Å². The van der Waals surface area contributed by atoms with Gasteiger partial charge in [0, 0.05) is 25.2 Å². The zero-order chi connectivity index (χ0) is 15.8. The fourth-order valence-corrected chi connectivity index (χ4v) is 2.98. The molecule has 0 amide bonds. The highest BCUT2D eigenvalue weighted by Gasteiger charge is 2.17. The van der Waals surface area contributed by atoms with E-state index < -0.39 is 0 Å². The molecule has 1 rings (SSSR count). The lowest BCUT2D eigenvalue weighted by atomic mass is 10.0. The average molecular weight is 290 g/mol. The minimum absolute atomic E-state index is 0.148. The molecule has 0 bridgehead atoms. The lowest BCUT2D eigenvalue weighted by Crippen LogP contribution is -2.39. The number of aryl methyl sites for hydroxylation is 1. The maximum atomic E-state index is 6.38. The Labute approximate surface area is 131 Å². The van der Waals surface area contributed by atoms with Crippen LogP contribution in [0.25, 0.3) is 0 Å². The zero-order valence-electron chi connectivity index (χ0n) is 14.6. The number of hydrogen-bond acceptors (Lipinski definition) is 2. The molecule has 0 fully saturated rings. The van der Waals surface area contributed by atoms with E-state index in [0.717, 1.165) is 13.0 Å². The van der Waals surface area contributed by atoms with Gasteiger partial charge in [-0.1, -0.05) is 57.5 Å². The van der Waals surface area contributed by atoms with E-state index in [0.29, 0.717) is 12.0 Å². The Morgan fingerprint density at radius 1 is 1.05 bits per heavy atom. The predicted molar refractivity (Wildman–Crippen MR) is 93.5 cm³/mol. The van der Waals surface area contributed by atoms with Crippen LogP contribution in [0.15, 0.2) is 24.3 Å². The summed E-state index contributed by atoms with van der Waals surface area (Å²) >= 11 is 0. The second-order valence-electron chi connectivity index (χ2n) is 6.66. The standard InChI is InChI=1S/C19H34N2/c1-6-18(7-2)21(14-15(3)4)13-12-19(20)17-10-8-16(5)9-11-17/h8-11,15,18-19H,6-7,12-14,20H2,1-5H3. The van der Waals surface area contributed by atoms with Gasteiger partial charge in [-0.25, -0.2) is 0 Å². The van der Waals surface area contributed by atoms with Gasteiger partial charge in [0.2, 0.25) is 0 Å². The first kappa shape index (κ1) is 18.2. The Hall–Kier alpha value is -0.860. The van der Waals surface area contributed by atoms with Crippen molar-refractivity contribution in [3.8, 4) is 0 Å². The van der Waals surface area contributed by atoms with Crippen LogP contribution in [0.5, 0.6) is 0 Å². The van der Waals surface area contributed by atoms with Crippen molar-refractivity contribution in [2.75, 3.05) is 13.1 Å². The van der Waals surface area contributed by atoms with Gasteiger partial charge in [0.25, 0.3) is 0 Å². The van der Waals surface area contributed by atoms with E-state index in [1.807, 2.05) is 0 Å². The van der Waals surface area contributed by atoms with Crippen LogP contribution < -0.4 is 5.73 Å². The van der Waals surface area contributed by atoms with Crippen molar-refractivity contribution in [3.63, 3.8) is 0 Å². The molecule has 0 saturated heterocycles. The van der Waals surface area contributed by atoms with Crippen LogP contribution in [0.2, 0.25) is 0 Å². The van der Waals surface area contributed by atoms with Gasteiger partial charge in [-0.05, 0) is 37.7 Å². The first-order valence-electron chi connectivity index (χ1n) is 8.54. The van der Waals surface area contributed by atoms with Crippen molar-refractivity contribution >= 4 is 0 Å². The summed E-state index contributed by atoms with van der Waals surface area (Å²) in [5.41, 5.74) is 8.94. The quantitative estimate of drug-likeness (QED) is 0.724. The van der Waals surface area contributed by atoms with Crippen molar-refractivity contribution in [1.29, 1.82) is 0 Å². The van der Waals surface area contributed by atoms with Gasteiger partial charge in [0.15, 0.2) is 0 Å². The molecule has 2 N–H and O–H groups in total. The van der Waals surface area contributed by atoms with Crippen LogP contribution in [-0.2, 0) is 0 Å². The molecular weight excluding hydrogens is 256 g/mol. The molecule has 1 unspecified atom stereocenters. The summed E-state index contributed by atoms with van der Waals surface area (Å²) in [5, 5.41) is 0. The number of rotatable bonds is 9. The second kappa shape index (κ2) is 9.22. The molecule has 0 aliphatic carbocycles. The number of nitrogens with zero attached hydrogens (tertiary/aromatic N) is 1. The third-order valence-electron chi connectivity index (χ3n) is 4.29. The first-order chi connectivity index (χ1) is 9.97. The van der Waals surface area contributed by atoms with Gasteiger partial charge >= 0.3 is 0 Å². The molecule has 0 saturated carbocycles. The molecule has 0 heterocycles. The van der Waals surface area contributed by atoms with Gasteiger partial charge in [-0.15, -0.1) is 0 Å². The highest BCUT2D eigenvalue weighted by molar-refractivity contribution is 5.23. The van der Waals surface area contributed by atoms with E-state index in [4.69, 9.17) is 5.73 Å². The Morgan fingerprint density at radius 2 is 1.62 bits per heavy atom. The molecule has 0 radical (unpaired) electrons. The molecule has 2 heteroatoms. The Morgan fingerprint density at radius 3 is 2.10 bits per heavy atom. The first-order valence-corrected chi connectivity index (χ1v) is 8.54. The lowest BCUT2D eigenvalue weighted by Gasteiger charge is -2.32. The van der Waals surface area contributed by atoms with Gasteiger partial charge < -0.3 is 10.6 Å². The highest BCUT2D eigenvalue weighted by atomic mass is 15.2. The molecule has 120 valence electrons. The van der Waals surface area contributed by atoms with Gasteiger partial charge in [0.05, 0.1) is 0 Å². The normalized spacial score (nSPS) is 13.4. The Balaban J connectivity index is 2.60. The lowest BCUT2D eigenvalue weighted by molar-refractivity contribution is 0.160. The van der Waals surface area contributed by atoms with E-state index in [9.17, 15) is 0 Å². The Kier molecular flexibility index (Phi) is 7.98. The smallest absolute Gasteiger partial charge is 0.0307 e. The minimum Gasteiger partial charge on any atom is -0.324 e. The number of benzene rings is 1. The largest absolute Gasteiger partial charge is 0.324 e. The molecule has 21 heavy (non-hydrogen) atoms. The monoisotopic (exact) mass is 290 g/mol. The number of hydrogen-bond donors (Lipinski definition) is 1. The molecule has 1 aromatic rings. The topological polar surface area (TPSA) is 29.3 Å². The molecule has 0 spiro atoms. The summed E-state index contributed by atoms with van der Waals surface area (Å²) in [4.78, 5) is 2.64. The van der Waals surface area contributed by atoms with E-state index in [1.165, 1.54) is 30.5 Å². The summed E-state index contributed by atoms with van der Waals surface area (Å²) in [6.45, 7) is 13.6. The van der Waals surface area contributed by atoms with Crippen LogP contribution in [0, 0.1) is 12.8 Å². The van der Waals surface area contributed by atoms with E-state index in [-0.39, 0.29) is 6.04 Å². The van der Waals surface area contributed by atoms with Crippen molar-refractivity contribution in [3.05, 3.63) is 35.4 Å². The van der Waals surface area contributed by atoms with Crippen molar-refractivity contribution in [1.82, 2.24) is 4.90 Å². The van der Waals surface area contributed by atoms with Crippen molar-refractivity contribution < 1.29 is 0 Å². The zero-order valence-corrected chi connectivity index (χ0v) is 14.6. The average Bonchev–Trinajstić information content (AvgIpc) is 2.45. The third-order valence-corrected chi connectivity index (χ3v) is 4.29. The second-order valence-corrected chi connectivity index (χ2v) is 6.66. The van der Waals surface area contributed by atoms with Crippen LogP contribution in [0.3, 0.4) is 0 Å². The maximum Gasteiger partial charge on any atom is 0.0307 e. The highest BCUT2D eigenvalue weighted by Crippen LogP contribution is 2.18. The summed E-state index contributed by atoms with van der Waals surface area (Å²) in [6, 6.07) is 9.49. The summed E-state index contributed by atoms with van der Waals surface area (Å²) in [7, 11) is 0. The summed E-state index contributed by atoms with van der Waals surface area (Å²) in [6.07, 6.45) is 3.48. The summed E-state index contributed by atoms with van der Waals surface area (Å²) < 4.78 is 0. The SMILES string of the molecule is CCC(CC)N(CCC(N)c1ccc(C)cc1)CC(C)C. The van der Waals surface area contributed by atoms with Crippen LogP contribution in [0.4, 0.5) is 0 Å².